The van der Waals surface area contributed by atoms with Gasteiger partial charge in [0.15, 0.2) is 5.78 Å². The molecule has 1 aromatic carbocycles. The number of ketones is 1. The topological polar surface area (TPSA) is 94.1 Å². The zero-order chi connectivity index (χ0) is 23.6. The van der Waals surface area contributed by atoms with E-state index in [1.165, 1.54) is 6.07 Å². The number of phenols is 1. The molecule has 1 fully saturated rings. The van der Waals surface area contributed by atoms with Crippen LogP contribution in [-0.2, 0) is 14.0 Å². The zero-order valence-corrected chi connectivity index (χ0v) is 19.8. The van der Waals surface area contributed by atoms with Crippen molar-refractivity contribution in [2.75, 3.05) is 6.54 Å². The number of carbonyl (C=O) groups is 2. The zero-order valence-electron chi connectivity index (χ0n) is 19.8. The first-order valence-electron chi connectivity index (χ1n) is 10.5. The molecule has 1 saturated heterocycles. The summed E-state index contributed by atoms with van der Waals surface area (Å²) < 4.78 is 17.6. The number of alkyl carbamates (subject to hydrolysis) is 1. The van der Waals surface area contributed by atoms with Gasteiger partial charge in [0.1, 0.15) is 11.4 Å². The highest BCUT2D eigenvalue weighted by Gasteiger charge is 2.52. The van der Waals surface area contributed by atoms with E-state index in [0.29, 0.717) is 11.0 Å². The monoisotopic (exact) mass is 431 g/mol. The number of rotatable bonds is 6. The number of benzene rings is 1. The average Bonchev–Trinajstić information content (AvgIpc) is 2.85. The van der Waals surface area contributed by atoms with Crippen molar-refractivity contribution < 1.29 is 28.7 Å². The molecule has 1 aliphatic rings. The van der Waals surface area contributed by atoms with Crippen LogP contribution in [0.2, 0.25) is 0 Å². The van der Waals surface area contributed by atoms with Gasteiger partial charge in [0, 0.05) is 13.0 Å². The Bertz CT molecular complexity index is 853. The van der Waals surface area contributed by atoms with E-state index >= 15 is 0 Å². The van der Waals surface area contributed by atoms with Crippen molar-refractivity contribution in [1.82, 2.24) is 5.32 Å². The fourth-order valence-corrected chi connectivity index (χ4v) is 2.96. The Kier molecular flexibility index (Phi) is 7.28. The molecular weight excluding hydrogens is 397 g/mol. The first-order valence-corrected chi connectivity index (χ1v) is 10.5. The normalized spacial score (nSPS) is 18.1. The number of Topliss-reactive ketones (excluding diaryl/α,β-unsaturated/α-hetero) is 1. The van der Waals surface area contributed by atoms with Gasteiger partial charge < -0.3 is 24.5 Å². The predicted molar refractivity (Wildman–Crippen MR) is 121 cm³/mol. The van der Waals surface area contributed by atoms with E-state index in [0.717, 1.165) is 0 Å². The Hall–Kier alpha value is -2.32. The molecular formula is C23H34BNO6. The molecule has 170 valence electrons. The van der Waals surface area contributed by atoms with Gasteiger partial charge in [-0.15, -0.1) is 0 Å². The summed E-state index contributed by atoms with van der Waals surface area (Å²) in [6.45, 7) is 15.0. The van der Waals surface area contributed by atoms with Crippen LogP contribution in [0.5, 0.6) is 5.75 Å². The molecule has 1 aromatic rings. The van der Waals surface area contributed by atoms with Crippen molar-refractivity contribution >= 4 is 25.1 Å². The fraction of sp³-hybridized carbons (Fsp3) is 0.565. The van der Waals surface area contributed by atoms with Crippen LogP contribution in [0.1, 0.15) is 77.7 Å². The SMILES string of the molecule is CCC(=O)c1cc(C=C(CNC(=O)OC(C)(C)C)B2OC(C)(C)C(C)(C)O2)ccc1O. The Morgan fingerprint density at radius 2 is 1.74 bits per heavy atom. The second kappa shape index (κ2) is 9.05. The summed E-state index contributed by atoms with van der Waals surface area (Å²) in [6.07, 6.45) is 1.53. The van der Waals surface area contributed by atoms with Crippen LogP contribution in [0.15, 0.2) is 23.7 Å². The van der Waals surface area contributed by atoms with Gasteiger partial charge in [-0.25, -0.2) is 4.79 Å². The lowest BCUT2D eigenvalue weighted by atomic mass is 9.77. The molecule has 1 heterocycles. The van der Waals surface area contributed by atoms with E-state index in [4.69, 9.17) is 14.0 Å². The Balaban J connectivity index is 2.36. The molecule has 1 amide bonds. The number of nitrogens with one attached hydrogen (secondary N) is 1. The van der Waals surface area contributed by atoms with Crippen molar-refractivity contribution in [3.05, 3.63) is 34.8 Å². The first-order chi connectivity index (χ1) is 14.1. The number of aromatic hydroxyl groups is 1. The van der Waals surface area contributed by atoms with E-state index in [1.54, 1.807) is 45.9 Å². The number of hydrogen-bond donors (Lipinski definition) is 2. The molecule has 2 rings (SSSR count). The second-order valence-electron chi connectivity index (χ2n) is 9.72. The second-order valence-corrected chi connectivity index (χ2v) is 9.72. The van der Waals surface area contributed by atoms with Crippen LogP contribution in [-0.4, -0.2) is 47.4 Å². The molecule has 0 saturated carbocycles. The lowest BCUT2D eigenvalue weighted by Crippen LogP contribution is -2.41. The van der Waals surface area contributed by atoms with E-state index in [-0.39, 0.29) is 30.1 Å². The Labute approximate surface area is 185 Å². The fourth-order valence-electron chi connectivity index (χ4n) is 2.96. The van der Waals surface area contributed by atoms with Crippen LogP contribution in [0.3, 0.4) is 0 Å². The third kappa shape index (κ3) is 6.34. The summed E-state index contributed by atoms with van der Waals surface area (Å²) in [7, 11) is -0.695. The maximum atomic E-state index is 12.2. The van der Waals surface area contributed by atoms with Crippen molar-refractivity contribution in [2.24, 2.45) is 0 Å². The third-order valence-corrected chi connectivity index (χ3v) is 5.39. The average molecular weight is 431 g/mol. The molecule has 0 aromatic heterocycles. The van der Waals surface area contributed by atoms with E-state index in [2.05, 4.69) is 5.32 Å². The molecule has 8 heteroatoms. The largest absolute Gasteiger partial charge is 0.507 e. The Morgan fingerprint density at radius 1 is 1.16 bits per heavy atom. The predicted octanol–water partition coefficient (Wildman–Crippen LogP) is 4.52. The molecule has 2 N–H and O–H groups in total. The van der Waals surface area contributed by atoms with Gasteiger partial charge in [-0.05, 0) is 71.6 Å². The van der Waals surface area contributed by atoms with Gasteiger partial charge in [0.2, 0.25) is 0 Å². The quantitative estimate of drug-likeness (QED) is 0.508. The molecule has 0 atom stereocenters. The van der Waals surface area contributed by atoms with Crippen molar-refractivity contribution in [3.8, 4) is 5.75 Å². The maximum Gasteiger partial charge on any atom is 0.492 e. The number of phenolic OH excluding ortho intramolecular Hbond substituents is 1. The van der Waals surface area contributed by atoms with Crippen LogP contribution in [0.4, 0.5) is 4.79 Å². The number of ether oxygens (including phenoxy) is 1. The highest BCUT2D eigenvalue weighted by Crippen LogP contribution is 2.39. The summed E-state index contributed by atoms with van der Waals surface area (Å²) in [5.74, 6) is -0.218. The van der Waals surface area contributed by atoms with Gasteiger partial charge in [-0.3, -0.25) is 4.79 Å². The van der Waals surface area contributed by atoms with Crippen LogP contribution >= 0.6 is 0 Å². The number of hydrogen-bond acceptors (Lipinski definition) is 6. The minimum absolute atomic E-state index is 0.0620. The third-order valence-electron chi connectivity index (χ3n) is 5.39. The van der Waals surface area contributed by atoms with E-state index in [9.17, 15) is 14.7 Å². The maximum absolute atomic E-state index is 12.2. The minimum Gasteiger partial charge on any atom is -0.507 e. The Morgan fingerprint density at radius 3 is 2.26 bits per heavy atom. The highest BCUT2D eigenvalue weighted by atomic mass is 16.7. The van der Waals surface area contributed by atoms with E-state index < -0.39 is 30.0 Å². The molecule has 0 bridgehead atoms. The highest BCUT2D eigenvalue weighted by molar-refractivity contribution is 6.56. The molecule has 7 nitrogen and oxygen atoms in total. The number of carbonyl (C=O) groups excluding carboxylic acids is 2. The van der Waals surface area contributed by atoms with Crippen LogP contribution in [0.25, 0.3) is 6.08 Å². The minimum atomic E-state index is -0.695. The number of amides is 1. The molecule has 0 aliphatic carbocycles. The van der Waals surface area contributed by atoms with Crippen LogP contribution in [0, 0.1) is 0 Å². The van der Waals surface area contributed by atoms with Gasteiger partial charge in [0.25, 0.3) is 0 Å². The smallest absolute Gasteiger partial charge is 0.492 e. The van der Waals surface area contributed by atoms with Crippen molar-refractivity contribution in [3.63, 3.8) is 0 Å². The summed E-state index contributed by atoms with van der Waals surface area (Å²) in [5, 5.41) is 12.8. The van der Waals surface area contributed by atoms with Gasteiger partial charge >= 0.3 is 13.2 Å². The summed E-state index contributed by atoms with van der Waals surface area (Å²) in [4.78, 5) is 24.3. The lowest BCUT2D eigenvalue weighted by Gasteiger charge is -2.32. The van der Waals surface area contributed by atoms with Gasteiger partial charge in [-0.2, -0.15) is 0 Å². The molecule has 0 spiro atoms. The summed E-state index contributed by atoms with van der Waals surface area (Å²) in [6, 6.07) is 4.80. The standard InChI is InChI=1S/C23H34BNO6/c1-9-18(26)17-13-15(10-11-19(17)27)12-16(14-25-20(28)29-21(2,3)4)24-30-22(5,6)23(7,8)31-24/h10-13,27H,9,14H2,1-8H3,(H,25,28). The van der Waals surface area contributed by atoms with Crippen LogP contribution < -0.4 is 5.32 Å². The van der Waals surface area contributed by atoms with Crippen molar-refractivity contribution in [1.29, 1.82) is 0 Å². The molecule has 31 heavy (non-hydrogen) atoms. The lowest BCUT2D eigenvalue weighted by molar-refractivity contribution is 0.00578. The molecule has 1 aliphatic heterocycles. The summed E-state index contributed by atoms with van der Waals surface area (Å²) in [5.41, 5.74) is -0.132. The first kappa shape index (κ1) is 24.9. The molecule has 0 unspecified atom stereocenters. The van der Waals surface area contributed by atoms with Crippen molar-refractivity contribution in [2.45, 2.75) is 78.6 Å². The molecule has 0 radical (unpaired) electrons. The van der Waals surface area contributed by atoms with E-state index in [1.807, 2.05) is 27.7 Å². The van der Waals surface area contributed by atoms with Gasteiger partial charge in [0.05, 0.1) is 16.8 Å². The van der Waals surface area contributed by atoms with Gasteiger partial charge in [-0.1, -0.05) is 19.1 Å². The summed E-state index contributed by atoms with van der Waals surface area (Å²) >= 11 is 0.